The van der Waals surface area contributed by atoms with E-state index in [4.69, 9.17) is 0 Å². The molecular formula is C17H22N2. The Balaban J connectivity index is 2.12. The van der Waals surface area contributed by atoms with Crippen LogP contribution in [-0.4, -0.2) is 23.0 Å². The largest absolute Gasteiger partial charge is 0.357 e. The molecule has 100 valence electrons. The molecule has 0 saturated carbocycles. The lowest BCUT2D eigenvalue weighted by molar-refractivity contribution is 0.158. The highest BCUT2D eigenvalue weighted by molar-refractivity contribution is 5.85. The van der Waals surface area contributed by atoms with Gasteiger partial charge in [-0.2, -0.15) is 0 Å². The lowest BCUT2D eigenvalue weighted by atomic mass is 9.90. The maximum Gasteiger partial charge on any atom is 0.0527 e. The van der Waals surface area contributed by atoms with Gasteiger partial charge in [0.05, 0.1) is 6.04 Å². The number of rotatable bonds is 3. The number of hydrogen-bond acceptors (Lipinski definition) is 1. The zero-order chi connectivity index (χ0) is 13.4. The second kappa shape index (κ2) is 4.86. The van der Waals surface area contributed by atoms with E-state index in [1.165, 1.54) is 22.2 Å². The van der Waals surface area contributed by atoms with Crippen molar-refractivity contribution in [1.29, 1.82) is 0 Å². The molecule has 1 aliphatic rings. The quantitative estimate of drug-likeness (QED) is 0.823. The van der Waals surface area contributed by atoms with Crippen LogP contribution in [0.25, 0.3) is 10.9 Å². The summed E-state index contributed by atoms with van der Waals surface area (Å²) in [4.78, 5) is 6.20. The Hall–Kier alpha value is -1.54. The molecule has 0 fully saturated rings. The van der Waals surface area contributed by atoms with Gasteiger partial charge in [-0.3, -0.25) is 4.90 Å². The van der Waals surface area contributed by atoms with Crippen molar-refractivity contribution in [2.45, 2.75) is 26.3 Å². The van der Waals surface area contributed by atoms with Gasteiger partial charge < -0.3 is 4.98 Å². The Labute approximate surface area is 115 Å². The number of hydrogen-bond donors (Lipinski definition) is 1. The van der Waals surface area contributed by atoms with Crippen LogP contribution in [-0.2, 0) is 6.42 Å². The monoisotopic (exact) mass is 254 g/mol. The van der Waals surface area contributed by atoms with Crippen LogP contribution in [0.3, 0.4) is 0 Å². The molecule has 0 saturated heterocycles. The summed E-state index contributed by atoms with van der Waals surface area (Å²) in [5.74, 6) is 0.604. The fraction of sp³-hybridized carbons (Fsp3) is 0.412. The lowest BCUT2D eigenvalue weighted by Crippen LogP contribution is -2.38. The molecule has 0 radical (unpaired) electrons. The maximum atomic E-state index is 3.90. The molecule has 1 aromatic carbocycles. The van der Waals surface area contributed by atoms with E-state index < -0.39 is 0 Å². The molecule has 0 bridgehead atoms. The van der Waals surface area contributed by atoms with Gasteiger partial charge in [-0.1, -0.05) is 38.1 Å². The van der Waals surface area contributed by atoms with Crippen LogP contribution in [0.4, 0.5) is 0 Å². The van der Waals surface area contributed by atoms with E-state index in [-0.39, 0.29) is 0 Å². The lowest BCUT2D eigenvalue weighted by Gasteiger charge is -2.37. The first kappa shape index (κ1) is 12.5. The number of nitrogens with zero attached hydrogens (tertiary/aromatic N) is 1. The number of fused-ring (bicyclic) bond motifs is 3. The molecule has 0 aliphatic carbocycles. The zero-order valence-electron chi connectivity index (χ0n) is 11.8. The van der Waals surface area contributed by atoms with Crippen molar-refractivity contribution in [2.24, 2.45) is 5.92 Å². The molecule has 1 aliphatic heterocycles. The van der Waals surface area contributed by atoms with E-state index >= 15 is 0 Å². The van der Waals surface area contributed by atoms with Gasteiger partial charge in [-0.25, -0.2) is 0 Å². The van der Waals surface area contributed by atoms with Gasteiger partial charge in [-0.15, -0.1) is 6.58 Å². The van der Waals surface area contributed by atoms with Gasteiger partial charge in [0.25, 0.3) is 0 Å². The van der Waals surface area contributed by atoms with Crippen LogP contribution in [0.2, 0.25) is 0 Å². The predicted molar refractivity (Wildman–Crippen MR) is 81.4 cm³/mol. The standard InChI is InChI=1S/C17H22N2/c1-4-10-19-11-9-14-13-7-5-6-8-15(13)18-16(14)17(19)12(2)3/h4-8,12,17-18H,1,9-11H2,2-3H3. The Kier molecular flexibility index (Phi) is 3.19. The second-order valence-electron chi connectivity index (χ2n) is 5.79. The normalized spacial score (nSPS) is 19.8. The first-order chi connectivity index (χ1) is 9.22. The maximum absolute atomic E-state index is 3.90. The van der Waals surface area contributed by atoms with Crippen LogP contribution in [0.1, 0.15) is 31.1 Å². The third-order valence-corrected chi connectivity index (χ3v) is 4.18. The van der Waals surface area contributed by atoms with E-state index in [9.17, 15) is 0 Å². The van der Waals surface area contributed by atoms with Crippen LogP contribution in [0.5, 0.6) is 0 Å². The smallest absolute Gasteiger partial charge is 0.0527 e. The highest BCUT2D eigenvalue weighted by atomic mass is 15.2. The van der Waals surface area contributed by atoms with Gasteiger partial charge in [0.15, 0.2) is 0 Å². The van der Waals surface area contributed by atoms with Crippen molar-refractivity contribution in [1.82, 2.24) is 9.88 Å². The van der Waals surface area contributed by atoms with Crippen molar-refractivity contribution >= 4 is 10.9 Å². The van der Waals surface area contributed by atoms with Gasteiger partial charge in [-0.05, 0) is 24.0 Å². The minimum Gasteiger partial charge on any atom is -0.357 e. The summed E-state index contributed by atoms with van der Waals surface area (Å²) in [5, 5.41) is 1.40. The molecular weight excluding hydrogens is 232 g/mol. The Bertz CT molecular complexity index is 594. The molecule has 3 rings (SSSR count). The van der Waals surface area contributed by atoms with E-state index in [1.807, 2.05) is 6.08 Å². The van der Waals surface area contributed by atoms with Gasteiger partial charge in [0, 0.05) is 29.7 Å². The molecule has 0 amide bonds. The average Bonchev–Trinajstić information content (AvgIpc) is 2.76. The Morgan fingerprint density at radius 3 is 2.95 bits per heavy atom. The summed E-state index contributed by atoms with van der Waals surface area (Å²) in [6.45, 7) is 10.6. The number of para-hydroxylation sites is 1. The fourth-order valence-electron chi connectivity index (χ4n) is 3.45. The summed E-state index contributed by atoms with van der Waals surface area (Å²) in [6, 6.07) is 9.15. The van der Waals surface area contributed by atoms with E-state index in [0.29, 0.717) is 12.0 Å². The topological polar surface area (TPSA) is 19.0 Å². The fourth-order valence-corrected chi connectivity index (χ4v) is 3.45. The van der Waals surface area contributed by atoms with Gasteiger partial charge >= 0.3 is 0 Å². The SMILES string of the molecule is C=CCN1CCc2c([nH]c3ccccc23)C1C(C)C. The third-order valence-electron chi connectivity index (χ3n) is 4.18. The van der Waals surface area contributed by atoms with Crippen molar-refractivity contribution < 1.29 is 0 Å². The van der Waals surface area contributed by atoms with Crippen molar-refractivity contribution in [3.05, 3.63) is 48.2 Å². The minimum absolute atomic E-state index is 0.481. The van der Waals surface area contributed by atoms with Gasteiger partial charge in [0.1, 0.15) is 0 Å². The average molecular weight is 254 g/mol. The molecule has 1 N–H and O–H groups in total. The van der Waals surface area contributed by atoms with Gasteiger partial charge in [0.2, 0.25) is 0 Å². The first-order valence-corrected chi connectivity index (χ1v) is 7.16. The Morgan fingerprint density at radius 1 is 1.42 bits per heavy atom. The van der Waals surface area contributed by atoms with Crippen LogP contribution >= 0.6 is 0 Å². The van der Waals surface area contributed by atoms with Crippen LogP contribution in [0, 0.1) is 5.92 Å². The molecule has 2 heteroatoms. The molecule has 2 aromatic rings. The number of aromatic nitrogens is 1. The minimum atomic E-state index is 0.481. The summed E-state index contributed by atoms with van der Waals surface area (Å²) in [6.07, 6.45) is 3.15. The van der Waals surface area contributed by atoms with Crippen molar-refractivity contribution in [3.63, 3.8) is 0 Å². The predicted octanol–water partition coefficient (Wildman–Crippen LogP) is 3.91. The number of nitrogens with one attached hydrogen (secondary N) is 1. The second-order valence-corrected chi connectivity index (χ2v) is 5.79. The highest BCUT2D eigenvalue weighted by Crippen LogP contribution is 2.38. The molecule has 1 aromatic heterocycles. The summed E-state index contributed by atoms with van der Waals surface area (Å²) >= 11 is 0. The van der Waals surface area contributed by atoms with Crippen LogP contribution in [0.15, 0.2) is 36.9 Å². The molecule has 2 nitrogen and oxygen atoms in total. The molecule has 0 spiro atoms. The first-order valence-electron chi connectivity index (χ1n) is 7.16. The van der Waals surface area contributed by atoms with E-state index in [0.717, 1.165) is 19.5 Å². The van der Waals surface area contributed by atoms with Crippen LogP contribution < -0.4 is 0 Å². The van der Waals surface area contributed by atoms with E-state index in [2.05, 4.69) is 54.6 Å². The number of H-pyrrole nitrogens is 1. The number of benzene rings is 1. The molecule has 1 unspecified atom stereocenters. The van der Waals surface area contributed by atoms with Crippen molar-refractivity contribution in [3.8, 4) is 0 Å². The third kappa shape index (κ3) is 2.00. The summed E-state index contributed by atoms with van der Waals surface area (Å²) in [5.41, 5.74) is 4.22. The number of aromatic amines is 1. The Morgan fingerprint density at radius 2 is 2.21 bits per heavy atom. The zero-order valence-corrected chi connectivity index (χ0v) is 11.8. The van der Waals surface area contributed by atoms with Crippen molar-refractivity contribution in [2.75, 3.05) is 13.1 Å². The highest BCUT2D eigenvalue weighted by Gasteiger charge is 2.31. The summed E-state index contributed by atoms with van der Waals surface area (Å²) < 4.78 is 0. The molecule has 1 atom stereocenters. The molecule has 19 heavy (non-hydrogen) atoms. The van der Waals surface area contributed by atoms with E-state index in [1.54, 1.807) is 0 Å². The molecule has 2 heterocycles. The summed E-state index contributed by atoms with van der Waals surface area (Å²) in [7, 11) is 0.